The van der Waals surface area contributed by atoms with E-state index in [2.05, 4.69) is 21.2 Å². The van der Waals surface area contributed by atoms with Crippen molar-refractivity contribution in [3.63, 3.8) is 0 Å². The highest BCUT2D eigenvalue weighted by Crippen LogP contribution is 2.10. The number of carbonyl (C=O) groups is 2. The Morgan fingerprint density at radius 3 is 2.21 bits per heavy atom. The van der Waals surface area contributed by atoms with Gasteiger partial charge in [-0.1, -0.05) is 23.4 Å². The van der Waals surface area contributed by atoms with Gasteiger partial charge in [0, 0.05) is 10.0 Å². The monoisotopic (exact) mass is 332 g/mol. The van der Waals surface area contributed by atoms with Crippen LogP contribution in [0.4, 0.5) is 0 Å². The molecule has 7 heteroatoms. The first-order chi connectivity index (χ1) is 8.45. The van der Waals surface area contributed by atoms with Crippen molar-refractivity contribution in [3.05, 3.63) is 34.3 Å². The minimum absolute atomic E-state index is 0. The number of hydrogen-bond acceptors (Lipinski definition) is 4. The highest BCUT2D eigenvalue weighted by atomic mass is 79.9. The minimum atomic E-state index is -1.22. The van der Waals surface area contributed by atoms with Gasteiger partial charge in [-0.2, -0.15) is 0 Å². The van der Waals surface area contributed by atoms with Crippen LogP contribution in [0, 0.1) is 0 Å². The molecule has 0 aromatic heterocycles. The Kier molecular flexibility index (Phi) is 7.28. The summed E-state index contributed by atoms with van der Waals surface area (Å²) in [5.74, 6) is -1.40. The van der Waals surface area contributed by atoms with Gasteiger partial charge in [0.15, 0.2) is 0 Å². The summed E-state index contributed by atoms with van der Waals surface area (Å²) in [6, 6.07) is 5.27. The fourth-order valence-electron chi connectivity index (χ4n) is 1.30. The first-order valence-corrected chi connectivity index (χ1v) is 5.93. The van der Waals surface area contributed by atoms with Crippen molar-refractivity contribution in [1.29, 1.82) is 0 Å². The molecule has 19 heavy (non-hydrogen) atoms. The third-order valence-corrected chi connectivity index (χ3v) is 2.80. The van der Waals surface area contributed by atoms with Crippen LogP contribution in [0.15, 0.2) is 28.7 Å². The summed E-state index contributed by atoms with van der Waals surface area (Å²) in [6.07, 6.45) is -1.13. The number of benzene rings is 1. The second-order valence-electron chi connectivity index (χ2n) is 3.67. The first-order valence-electron chi connectivity index (χ1n) is 5.14. The van der Waals surface area contributed by atoms with E-state index in [9.17, 15) is 14.7 Å². The second-order valence-corrected chi connectivity index (χ2v) is 4.59. The van der Waals surface area contributed by atoms with Gasteiger partial charge in [0.1, 0.15) is 6.04 Å². The van der Waals surface area contributed by atoms with Crippen LogP contribution < -0.4 is 10.8 Å². The minimum Gasteiger partial charge on any atom is -0.391 e. The molecule has 0 aliphatic rings. The number of hydroxylamine groups is 1. The number of rotatable bonds is 4. The van der Waals surface area contributed by atoms with Gasteiger partial charge < -0.3 is 10.4 Å². The van der Waals surface area contributed by atoms with E-state index in [4.69, 9.17) is 5.21 Å². The molecule has 0 fully saturated rings. The van der Waals surface area contributed by atoms with Crippen LogP contribution in [-0.2, 0) is 4.79 Å². The molecule has 0 radical (unpaired) electrons. The predicted molar refractivity (Wildman–Crippen MR) is 73.7 cm³/mol. The quantitative estimate of drug-likeness (QED) is 0.489. The van der Waals surface area contributed by atoms with Gasteiger partial charge in [-0.05, 0) is 31.2 Å². The lowest BCUT2D eigenvalue weighted by Crippen LogP contribution is -2.51. The third-order valence-electron chi connectivity index (χ3n) is 2.27. The maximum absolute atomic E-state index is 11.8. The Balaban J connectivity index is 0.00000324. The molecule has 106 valence electrons. The molecule has 0 saturated heterocycles. The Morgan fingerprint density at radius 2 is 1.79 bits per heavy atom. The Labute approximate surface area is 119 Å². The fourth-order valence-corrected chi connectivity index (χ4v) is 1.56. The normalized spacial score (nSPS) is 12.8. The molecule has 1 rings (SSSR count). The summed E-state index contributed by atoms with van der Waals surface area (Å²) in [5, 5.41) is 20.2. The summed E-state index contributed by atoms with van der Waals surface area (Å²) in [5.41, 5.74) is 1.73. The molecule has 6 nitrogen and oxygen atoms in total. The van der Waals surface area contributed by atoms with Gasteiger partial charge >= 0.3 is 0 Å². The van der Waals surface area contributed by atoms with E-state index < -0.39 is 24.0 Å². The van der Waals surface area contributed by atoms with Crippen LogP contribution in [-0.4, -0.2) is 34.3 Å². The number of aliphatic hydroxyl groups excluding tert-OH is 1. The van der Waals surface area contributed by atoms with Gasteiger partial charge in [0.05, 0.1) is 6.10 Å². The lowest BCUT2D eigenvalue weighted by Gasteiger charge is -2.19. The van der Waals surface area contributed by atoms with Crippen LogP contribution in [0.25, 0.3) is 0 Å². The van der Waals surface area contributed by atoms with Crippen molar-refractivity contribution in [2.45, 2.75) is 26.5 Å². The summed E-state index contributed by atoms with van der Waals surface area (Å²) in [7, 11) is 0. The number of amides is 2. The SMILES string of the molecule is C.C[C@@H](O)[C@H](NC(=O)c1ccc(Br)cc1)C(=O)NO. The van der Waals surface area contributed by atoms with Crippen molar-refractivity contribution >= 4 is 27.7 Å². The highest BCUT2D eigenvalue weighted by molar-refractivity contribution is 9.10. The molecule has 1 aromatic carbocycles. The van der Waals surface area contributed by atoms with Gasteiger partial charge in [-0.3, -0.25) is 14.8 Å². The molecule has 1 aromatic rings. The average molecular weight is 333 g/mol. The Bertz CT molecular complexity index is 434. The molecule has 0 heterocycles. The molecular weight excluding hydrogens is 316 g/mol. The standard InChI is InChI=1S/C11H13BrN2O4.CH4/c1-6(15)9(11(17)14-18)13-10(16)7-2-4-8(12)5-3-7;/h2-6,9,15,18H,1H3,(H,13,16)(H,14,17);1H4/t6-,9+;/m1./s1. The van der Waals surface area contributed by atoms with Crippen molar-refractivity contribution in [2.75, 3.05) is 0 Å². The van der Waals surface area contributed by atoms with Crippen molar-refractivity contribution < 1.29 is 19.9 Å². The zero-order valence-corrected chi connectivity index (χ0v) is 11.1. The zero-order valence-electron chi connectivity index (χ0n) is 9.55. The van der Waals surface area contributed by atoms with Crippen molar-refractivity contribution in [2.24, 2.45) is 0 Å². The number of carbonyl (C=O) groups excluding carboxylic acids is 2. The van der Waals surface area contributed by atoms with Crippen LogP contribution in [0.2, 0.25) is 0 Å². The summed E-state index contributed by atoms with van der Waals surface area (Å²) in [4.78, 5) is 23.0. The predicted octanol–water partition coefficient (Wildman–Crippen LogP) is 1.07. The van der Waals surface area contributed by atoms with Gasteiger partial charge in [0.25, 0.3) is 11.8 Å². The second kappa shape index (κ2) is 7.88. The molecule has 2 amide bonds. The summed E-state index contributed by atoms with van der Waals surface area (Å²) >= 11 is 3.23. The summed E-state index contributed by atoms with van der Waals surface area (Å²) in [6.45, 7) is 1.34. The van der Waals surface area contributed by atoms with E-state index in [1.807, 2.05) is 0 Å². The van der Waals surface area contributed by atoms with E-state index in [0.717, 1.165) is 4.47 Å². The van der Waals surface area contributed by atoms with E-state index in [0.29, 0.717) is 5.56 Å². The van der Waals surface area contributed by atoms with Crippen molar-refractivity contribution in [1.82, 2.24) is 10.8 Å². The number of aliphatic hydroxyl groups is 1. The first kappa shape index (κ1) is 17.6. The number of hydrogen-bond donors (Lipinski definition) is 4. The topological polar surface area (TPSA) is 98.7 Å². The Hall–Kier alpha value is -1.44. The van der Waals surface area contributed by atoms with E-state index in [1.54, 1.807) is 24.3 Å². The van der Waals surface area contributed by atoms with Crippen LogP contribution >= 0.6 is 15.9 Å². The molecule has 0 unspecified atom stereocenters. The molecule has 2 atom stereocenters. The van der Waals surface area contributed by atoms with Gasteiger partial charge in [-0.25, -0.2) is 5.48 Å². The molecule has 0 aliphatic heterocycles. The maximum atomic E-state index is 11.8. The zero-order chi connectivity index (χ0) is 13.7. The lowest BCUT2D eigenvalue weighted by molar-refractivity contribution is -0.133. The van der Waals surface area contributed by atoms with E-state index >= 15 is 0 Å². The molecule has 0 aliphatic carbocycles. The number of nitrogens with one attached hydrogen (secondary N) is 2. The number of halogens is 1. The van der Waals surface area contributed by atoms with Crippen LogP contribution in [0.5, 0.6) is 0 Å². The largest absolute Gasteiger partial charge is 0.391 e. The molecular formula is C12H17BrN2O4. The maximum Gasteiger partial charge on any atom is 0.268 e. The van der Waals surface area contributed by atoms with E-state index in [1.165, 1.54) is 12.4 Å². The van der Waals surface area contributed by atoms with Crippen LogP contribution in [0.1, 0.15) is 24.7 Å². The molecule has 0 saturated carbocycles. The van der Waals surface area contributed by atoms with Crippen molar-refractivity contribution in [3.8, 4) is 0 Å². The average Bonchev–Trinajstić information content (AvgIpc) is 2.35. The highest BCUT2D eigenvalue weighted by Gasteiger charge is 2.25. The molecule has 0 spiro atoms. The van der Waals surface area contributed by atoms with Gasteiger partial charge in [-0.15, -0.1) is 0 Å². The lowest BCUT2D eigenvalue weighted by atomic mass is 10.1. The Morgan fingerprint density at radius 1 is 1.26 bits per heavy atom. The molecule has 4 N–H and O–H groups in total. The summed E-state index contributed by atoms with van der Waals surface area (Å²) < 4.78 is 0.819. The smallest absolute Gasteiger partial charge is 0.268 e. The molecule has 0 bridgehead atoms. The van der Waals surface area contributed by atoms with E-state index in [-0.39, 0.29) is 7.43 Å². The third kappa shape index (κ3) is 4.98. The van der Waals surface area contributed by atoms with Crippen LogP contribution in [0.3, 0.4) is 0 Å². The van der Waals surface area contributed by atoms with Gasteiger partial charge in [0.2, 0.25) is 0 Å². The fraction of sp³-hybridized carbons (Fsp3) is 0.333.